The van der Waals surface area contributed by atoms with E-state index in [0.29, 0.717) is 16.4 Å². The molecule has 0 aliphatic carbocycles. The minimum absolute atomic E-state index is 0.0668. The van der Waals surface area contributed by atoms with Crippen LogP contribution in [0.15, 0.2) is 41.6 Å². The fourth-order valence-electron chi connectivity index (χ4n) is 1.57. The van der Waals surface area contributed by atoms with Crippen molar-refractivity contribution < 1.29 is 8.42 Å². The lowest BCUT2D eigenvalue weighted by molar-refractivity contribution is 0.601. The lowest BCUT2D eigenvalue weighted by Gasteiger charge is -2.12. The van der Waals surface area contributed by atoms with Gasteiger partial charge in [-0.2, -0.15) is 0 Å². The van der Waals surface area contributed by atoms with E-state index in [0.717, 1.165) is 3.57 Å². The molecule has 5 nitrogen and oxygen atoms in total. The average Bonchev–Trinajstić information content (AvgIpc) is 2.42. The van der Waals surface area contributed by atoms with Gasteiger partial charge < -0.3 is 5.32 Å². The summed E-state index contributed by atoms with van der Waals surface area (Å²) in [6.07, 6.45) is 2.80. The van der Waals surface area contributed by atoms with Gasteiger partial charge in [0.2, 0.25) is 0 Å². The molecule has 0 radical (unpaired) electrons. The standard InChI is InChI=1S/C12H11ClIN3O2S/c1-15-11-4-5-16-7-12(11)20(18,19)17-10-3-2-8(14)6-9(10)13/h2-7,17H,1H3,(H,15,16). The SMILES string of the molecule is CNc1ccncc1S(=O)(=O)Nc1ccc(I)cc1Cl. The highest BCUT2D eigenvalue weighted by molar-refractivity contribution is 14.1. The second-order valence-corrected chi connectivity index (χ2v) is 7.16. The fourth-order valence-corrected chi connectivity index (χ4v) is 3.77. The number of anilines is 2. The van der Waals surface area contributed by atoms with Crippen molar-refractivity contribution in [3.63, 3.8) is 0 Å². The van der Waals surface area contributed by atoms with Crippen molar-refractivity contribution in [2.45, 2.75) is 4.90 Å². The maximum Gasteiger partial charge on any atom is 0.265 e. The Morgan fingerprint density at radius 1 is 1.25 bits per heavy atom. The number of nitrogens with zero attached hydrogens (tertiary/aromatic N) is 1. The molecule has 0 bridgehead atoms. The van der Waals surface area contributed by atoms with E-state index in [1.165, 1.54) is 12.4 Å². The molecular formula is C12H11ClIN3O2S. The second-order valence-electron chi connectivity index (χ2n) is 3.85. The third-order valence-electron chi connectivity index (χ3n) is 2.52. The van der Waals surface area contributed by atoms with E-state index in [9.17, 15) is 8.42 Å². The molecule has 0 atom stereocenters. The zero-order chi connectivity index (χ0) is 14.8. The summed E-state index contributed by atoms with van der Waals surface area (Å²) in [5, 5.41) is 3.16. The van der Waals surface area contributed by atoms with E-state index in [2.05, 4.69) is 37.6 Å². The van der Waals surface area contributed by atoms with Gasteiger partial charge in [-0.25, -0.2) is 8.42 Å². The van der Waals surface area contributed by atoms with Gasteiger partial charge in [-0.1, -0.05) is 11.6 Å². The van der Waals surface area contributed by atoms with E-state index in [1.807, 2.05) is 0 Å². The third-order valence-corrected chi connectivity index (χ3v) is 4.90. The van der Waals surface area contributed by atoms with Crippen LogP contribution in [0.25, 0.3) is 0 Å². The quantitative estimate of drug-likeness (QED) is 0.741. The van der Waals surface area contributed by atoms with Gasteiger partial charge in [0, 0.05) is 23.0 Å². The van der Waals surface area contributed by atoms with Crippen molar-refractivity contribution >= 4 is 55.6 Å². The highest BCUT2D eigenvalue weighted by atomic mass is 127. The number of hydrogen-bond acceptors (Lipinski definition) is 4. The first kappa shape index (κ1) is 15.3. The van der Waals surface area contributed by atoms with Crippen LogP contribution < -0.4 is 10.0 Å². The number of nitrogens with one attached hydrogen (secondary N) is 2. The Labute approximate surface area is 135 Å². The van der Waals surface area contributed by atoms with E-state index in [1.54, 1.807) is 31.3 Å². The van der Waals surface area contributed by atoms with Crippen molar-refractivity contribution in [2.24, 2.45) is 0 Å². The van der Waals surface area contributed by atoms with Crippen LogP contribution in [0.5, 0.6) is 0 Å². The van der Waals surface area contributed by atoms with Gasteiger partial charge >= 0.3 is 0 Å². The van der Waals surface area contributed by atoms with Gasteiger partial charge in [-0.15, -0.1) is 0 Å². The molecule has 0 amide bonds. The molecule has 0 saturated heterocycles. The van der Waals surface area contributed by atoms with Crippen LogP contribution >= 0.6 is 34.2 Å². The van der Waals surface area contributed by atoms with E-state index in [4.69, 9.17) is 11.6 Å². The summed E-state index contributed by atoms with van der Waals surface area (Å²) in [5.41, 5.74) is 0.798. The highest BCUT2D eigenvalue weighted by Crippen LogP contribution is 2.28. The smallest absolute Gasteiger partial charge is 0.265 e. The molecule has 20 heavy (non-hydrogen) atoms. The highest BCUT2D eigenvalue weighted by Gasteiger charge is 2.19. The van der Waals surface area contributed by atoms with Crippen LogP contribution in [-0.2, 0) is 10.0 Å². The van der Waals surface area contributed by atoms with E-state index < -0.39 is 10.0 Å². The van der Waals surface area contributed by atoms with E-state index >= 15 is 0 Å². The molecule has 0 unspecified atom stereocenters. The van der Waals surface area contributed by atoms with Crippen molar-refractivity contribution in [3.05, 3.63) is 45.3 Å². The second kappa shape index (κ2) is 6.15. The largest absolute Gasteiger partial charge is 0.387 e. The minimum Gasteiger partial charge on any atom is -0.387 e. The summed E-state index contributed by atoms with van der Waals surface area (Å²) in [5.74, 6) is 0. The van der Waals surface area contributed by atoms with Crippen LogP contribution in [0.3, 0.4) is 0 Å². The summed E-state index contributed by atoms with van der Waals surface area (Å²) in [6, 6.07) is 6.66. The zero-order valence-electron chi connectivity index (χ0n) is 10.4. The predicted molar refractivity (Wildman–Crippen MR) is 88.8 cm³/mol. The van der Waals surface area contributed by atoms with Crippen molar-refractivity contribution in [3.8, 4) is 0 Å². The lowest BCUT2D eigenvalue weighted by Crippen LogP contribution is -2.15. The lowest BCUT2D eigenvalue weighted by atomic mass is 10.3. The zero-order valence-corrected chi connectivity index (χ0v) is 14.1. The van der Waals surface area contributed by atoms with Gasteiger partial charge in [0.1, 0.15) is 4.90 Å². The van der Waals surface area contributed by atoms with Crippen LogP contribution in [0.4, 0.5) is 11.4 Å². The molecule has 0 saturated carbocycles. The maximum atomic E-state index is 12.4. The number of sulfonamides is 1. The number of hydrogen-bond donors (Lipinski definition) is 2. The third kappa shape index (κ3) is 3.33. The molecule has 2 N–H and O–H groups in total. The molecule has 0 fully saturated rings. The van der Waals surface area contributed by atoms with Gasteiger partial charge in [0.15, 0.2) is 0 Å². The Morgan fingerprint density at radius 3 is 2.65 bits per heavy atom. The molecular weight excluding hydrogens is 413 g/mol. The number of benzene rings is 1. The summed E-state index contributed by atoms with van der Waals surface area (Å²) in [7, 11) is -2.11. The number of pyridine rings is 1. The number of aromatic nitrogens is 1. The fraction of sp³-hybridized carbons (Fsp3) is 0.0833. The van der Waals surface area contributed by atoms with Gasteiger partial charge in [-0.05, 0) is 46.9 Å². The number of rotatable bonds is 4. The Balaban J connectivity index is 2.41. The Kier molecular flexibility index (Phi) is 4.71. The molecule has 0 aliphatic heterocycles. The van der Waals surface area contributed by atoms with E-state index in [-0.39, 0.29) is 4.90 Å². The molecule has 8 heteroatoms. The van der Waals surface area contributed by atoms with Gasteiger partial charge in [-0.3, -0.25) is 9.71 Å². The van der Waals surface area contributed by atoms with Crippen LogP contribution in [0.2, 0.25) is 5.02 Å². The van der Waals surface area contributed by atoms with Crippen LogP contribution in [0, 0.1) is 3.57 Å². The minimum atomic E-state index is -3.75. The van der Waals surface area contributed by atoms with Crippen LogP contribution in [0.1, 0.15) is 0 Å². The first-order valence-electron chi connectivity index (χ1n) is 5.53. The first-order valence-corrected chi connectivity index (χ1v) is 8.47. The molecule has 1 aromatic heterocycles. The average molecular weight is 424 g/mol. The Bertz CT molecular complexity index is 737. The van der Waals surface area contributed by atoms with Crippen LogP contribution in [-0.4, -0.2) is 20.4 Å². The number of halogens is 2. The normalized spacial score (nSPS) is 11.2. The summed E-state index contributed by atoms with van der Waals surface area (Å²) in [6.45, 7) is 0. The molecule has 0 aliphatic rings. The molecule has 2 aromatic rings. The molecule has 0 spiro atoms. The summed E-state index contributed by atoms with van der Waals surface area (Å²) < 4.78 is 28.1. The monoisotopic (exact) mass is 423 g/mol. The van der Waals surface area contributed by atoms with Gasteiger partial charge in [0.25, 0.3) is 10.0 Å². The molecule has 2 rings (SSSR count). The molecule has 1 heterocycles. The summed E-state index contributed by atoms with van der Waals surface area (Å²) in [4.78, 5) is 3.91. The van der Waals surface area contributed by atoms with Crippen molar-refractivity contribution in [1.29, 1.82) is 0 Å². The maximum absolute atomic E-state index is 12.4. The Morgan fingerprint density at radius 2 is 2.00 bits per heavy atom. The van der Waals surface area contributed by atoms with Gasteiger partial charge in [0.05, 0.1) is 16.4 Å². The molecule has 106 valence electrons. The van der Waals surface area contributed by atoms with Crippen molar-refractivity contribution in [1.82, 2.24) is 4.98 Å². The topological polar surface area (TPSA) is 71.1 Å². The first-order chi connectivity index (χ1) is 9.44. The summed E-state index contributed by atoms with van der Waals surface area (Å²) >= 11 is 8.13. The predicted octanol–water partition coefficient (Wildman–Crippen LogP) is 3.18. The van der Waals surface area contributed by atoms with Crippen molar-refractivity contribution in [2.75, 3.05) is 17.1 Å². The molecule has 1 aromatic carbocycles. The Hall–Kier alpha value is -1.06.